The second-order valence-corrected chi connectivity index (χ2v) is 18.7. The van der Waals surface area contributed by atoms with E-state index in [2.05, 4.69) is 100 Å². The molecule has 1 aliphatic heterocycles. The van der Waals surface area contributed by atoms with E-state index in [-0.39, 0.29) is 0 Å². The van der Waals surface area contributed by atoms with Gasteiger partial charge in [-0.25, -0.2) is 0 Å². The van der Waals surface area contributed by atoms with E-state index < -0.39 is 31.3 Å². The van der Waals surface area contributed by atoms with Crippen molar-refractivity contribution < 1.29 is 23.2 Å². The van der Waals surface area contributed by atoms with Crippen molar-refractivity contribution >= 4 is 18.4 Å². The predicted molar refractivity (Wildman–Crippen MR) is 143 cm³/mol. The van der Waals surface area contributed by atoms with Gasteiger partial charge in [0, 0.05) is 0 Å². The van der Waals surface area contributed by atoms with Crippen molar-refractivity contribution in [2.75, 3.05) is 0 Å². The molecule has 2 aliphatic carbocycles. The van der Waals surface area contributed by atoms with Gasteiger partial charge in [-0.1, -0.05) is 0 Å². The Bertz CT molecular complexity index is 1380. The van der Waals surface area contributed by atoms with E-state index in [1.54, 1.807) is 43.8 Å². The van der Waals surface area contributed by atoms with Crippen molar-refractivity contribution in [3.63, 3.8) is 0 Å². The molecule has 0 spiro atoms. The maximum absolute atomic E-state index is 2.55. The molecule has 0 saturated carbocycles. The van der Waals surface area contributed by atoms with Crippen LogP contribution in [-0.4, -0.2) is 8.07 Å². The molecule has 34 heavy (non-hydrogen) atoms. The van der Waals surface area contributed by atoms with E-state index in [9.17, 15) is 0 Å². The summed E-state index contributed by atoms with van der Waals surface area (Å²) in [6.07, 6.45) is 0. The summed E-state index contributed by atoms with van der Waals surface area (Å²) in [5, 5.41) is 3.43. The number of rotatable bonds is 2. The van der Waals surface area contributed by atoms with Gasteiger partial charge in [0.2, 0.25) is 0 Å². The SMILES string of the molecule is CC[Si]1(CC)c2ccc3c(c2C)[CH]([Zr][CH]2c4ccccc4-c4ccc1c(C)c42)c1ccccc1-3. The van der Waals surface area contributed by atoms with Gasteiger partial charge in [-0.2, -0.15) is 0 Å². The van der Waals surface area contributed by atoms with E-state index in [1.807, 2.05) is 0 Å². The Morgan fingerprint density at radius 1 is 0.588 bits per heavy atom. The molecule has 0 fully saturated rings. The summed E-state index contributed by atoms with van der Waals surface area (Å²) in [6.45, 7) is 9.90. The van der Waals surface area contributed by atoms with Crippen molar-refractivity contribution in [3.8, 4) is 22.3 Å². The molecular weight excluding hydrogens is 504 g/mol. The summed E-state index contributed by atoms with van der Waals surface area (Å²) in [6, 6.07) is 31.4. The van der Waals surface area contributed by atoms with Crippen LogP contribution in [0.25, 0.3) is 22.3 Å². The van der Waals surface area contributed by atoms with Gasteiger partial charge in [0.25, 0.3) is 0 Å². The first-order valence-corrected chi connectivity index (χ1v) is 18.1. The number of fused-ring (bicyclic) bond motifs is 8. The molecule has 0 amide bonds. The van der Waals surface area contributed by atoms with Crippen molar-refractivity contribution in [2.24, 2.45) is 0 Å². The quantitative estimate of drug-likeness (QED) is 0.240. The van der Waals surface area contributed by atoms with E-state index in [1.165, 1.54) is 34.3 Å². The molecule has 4 aromatic rings. The third kappa shape index (κ3) is 2.52. The summed E-state index contributed by atoms with van der Waals surface area (Å²) in [5.74, 6) is 0. The molecule has 3 aliphatic rings. The van der Waals surface area contributed by atoms with Gasteiger partial charge in [-0.3, -0.25) is 0 Å². The Morgan fingerprint density at radius 2 is 1.03 bits per heavy atom. The molecular formula is C32H30SiZr. The third-order valence-corrected chi connectivity index (χ3v) is 19.4. The molecule has 2 unspecified atom stereocenters. The topological polar surface area (TPSA) is 0 Å². The average molecular weight is 534 g/mol. The van der Waals surface area contributed by atoms with Gasteiger partial charge < -0.3 is 0 Å². The first-order valence-electron chi connectivity index (χ1n) is 12.8. The van der Waals surface area contributed by atoms with Crippen LogP contribution in [0.5, 0.6) is 0 Å². The molecule has 4 bridgehead atoms. The zero-order valence-corrected chi connectivity index (χ0v) is 24.0. The van der Waals surface area contributed by atoms with Crippen LogP contribution in [0.15, 0.2) is 72.8 Å². The van der Waals surface area contributed by atoms with Crippen molar-refractivity contribution in [3.05, 3.63) is 106 Å². The third-order valence-electron chi connectivity index (χ3n) is 9.30. The number of hydrogen-bond acceptors (Lipinski definition) is 0. The van der Waals surface area contributed by atoms with E-state index in [4.69, 9.17) is 0 Å². The molecule has 1 heterocycles. The van der Waals surface area contributed by atoms with Crippen LogP contribution in [0.3, 0.4) is 0 Å². The fourth-order valence-corrected chi connectivity index (χ4v) is 18.1. The average Bonchev–Trinajstić information content (AvgIpc) is 3.36. The molecule has 166 valence electrons. The molecule has 0 N–H and O–H groups in total. The fraction of sp³-hybridized carbons (Fsp3) is 0.250. The van der Waals surface area contributed by atoms with Crippen LogP contribution in [0.2, 0.25) is 12.1 Å². The molecule has 0 aromatic heterocycles. The molecule has 7 rings (SSSR count). The van der Waals surface area contributed by atoms with Gasteiger partial charge in [0.15, 0.2) is 0 Å². The van der Waals surface area contributed by atoms with Gasteiger partial charge in [0.05, 0.1) is 0 Å². The Morgan fingerprint density at radius 3 is 1.47 bits per heavy atom. The Balaban J connectivity index is 1.63. The zero-order valence-electron chi connectivity index (χ0n) is 20.5. The normalized spacial score (nSPS) is 19.9. The first-order chi connectivity index (χ1) is 16.6. The second kappa shape index (κ2) is 7.49. The van der Waals surface area contributed by atoms with Crippen molar-refractivity contribution in [2.45, 2.75) is 47.0 Å². The van der Waals surface area contributed by atoms with Gasteiger partial charge in [0.1, 0.15) is 0 Å². The summed E-state index contributed by atoms with van der Waals surface area (Å²) in [7, 11) is -1.87. The van der Waals surface area contributed by atoms with Crippen LogP contribution >= 0.6 is 0 Å². The molecule has 4 aromatic carbocycles. The summed E-state index contributed by atoms with van der Waals surface area (Å²) < 4.78 is 1.28. The zero-order chi connectivity index (χ0) is 23.2. The van der Waals surface area contributed by atoms with E-state index >= 15 is 0 Å². The predicted octanol–water partition coefficient (Wildman–Crippen LogP) is 7.14. The summed E-state index contributed by atoms with van der Waals surface area (Å²) >= 11 is -0.916. The fourth-order valence-electron chi connectivity index (χ4n) is 7.68. The minimum absolute atomic E-state index is 0.639. The van der Waals surface area contributed by atoms with Crippen LogP contribution in [0.1, 0.15) is 54.5 Å². The second-order valence-electron chi connectivity index (χ2n) is 10.4. The van der Waals surface area contributed by atoms with E-state index in [0.717, 1.165) is 0 Å². The van der Waals surface area contributed by atoms with Crippen molar-refractivity contribution in [1.29, 1.82) is 0 Å². The van der Waals surface area contributed by atoms with Gasteiger partial charge >= 0.3 is 217 Å². The number of hydrogen-bond donors (Lipinski definition) is 0. The van der Waals surface area contributed by atoms with Crippen LogP contribution in [-0.2, 0) is 23.2 Å². The van der Waals surface area contributed by atoms with Crippen molar-refractivity contribution in [1.82, 2.24) is 0 Å². The summed E-state index contributed by atoms with van der Waals surface area (Å²) in [5.41, 5.74) is 16.0. The molecule has 2 heteroatoms. The Hall–Kier alpha value is -2.02. The molecule has 0 nitrogen and oxygen atoms in total. The maximum atomic E-state index is 2.55. The molecule has 0 radical (unpaired) electrons. The standard InChI is InChI=1S/C32H30Si.Zr/c1-5-33(6-2,31-17-15-27-25-13-9-7-11-23(25)19-29(27)21(31)3)32-18-16-28-26-14-10-8-12-24(26)20-30(28)22(32)4;/h7-20H,5-6H2,1-4H3;. The van der Waals surface area contributed by atoms with E-state index in [0.29, 0.717) is 7.25 Å². The van der Waals surface area contributed by atoms with Gasteiger partial charge in [-0.05, 0) is 0 Å². The van der Waals surface area contributed by atoms with Crippen LogP contribution < -0.4 is 10.4 Å². The molecule has 2 atom stereocenters. The van der Waals surface area contributed by atoms with Gasteiger partial charge in [-0.15, -0.1) is 0 Å². The monoisotopic (exact) mass is 532 g/mol. The Labute approximate surface area is 216 Å². The van der Waals surface area contributed by atoms with Crippen LogP contribution in [0, 0.1) is 13.8 Å². The molecule has 0 saturated heterocycles. The first kappa shape index (κ1) is 21.3. The van der Waals surface area contributed by atoms with Crippen LogP contribution in [0.4, 0.5) is 0 Å². The Kier molecular flexibility index (Phi) is 4.69. The number of benzene rings is 4. The minimum atomic E-state index is -1.87. The summed E-state index contributed by atoms with van der Waals surface area (Å²) in [4.78, 5) is 0.